The minimum Gasteiger partial charge on any atom is -0.507 e. The second kappa shape index (κ2) is 10.5. The van der Waals surface area contributed by atoms with Gasteiger partial charge >= 0.3 is 5.91 Å². The van der Waals surface area contributed by atoms with Gasteiger partial charge in [-0.2, -0.15) is 0 Å². The van der Waals surface area contributed by atoms with Crippen molar-refractivity contribution in [1.29, 1.82) is 0 Å². The first-order valence-corrected chi connectivity index (χ1v) is 14.3. The maximum absolute atomic E-state index is 13.3. The van der Waals surface area contributed by atoms with Crippen molar-refractivity contribution in [1.82, 2.24) is 4.98 Å². The summed E-state index contributed by atoms with van der Waals surface area (Å²) in [6, 6.07) is 15.4. The lowest BCUT2D eigenvalue weighted by atomic mass is 9.95. The van der Waals surface area contributed by atoms with Gasteiger partial charge in [0.15, 0.2) is 5.13 Å². The van der Waals surface area contributed by atoms with Crippen molar-refractivity contribution in [2.24, 2.45) is 0 Å². The molecule has 3 aromatic carbocycles. The fourth-order valence-corrected chi connectivity index (χ4v) is 7.01. The summed E-state index contributed by atoms with van der Waals surface area (Å²) in [6.07, 6.45) is 1.03. The number of halogens is 2. The Balaban J connectivity index is 1.62. The van der Waals surface area contributed by atoms with Crippen molar-refractivity contribution in [3.63, 3.8) is 0 Å². The zero-order valence-corrected chi connectivity index (χ0v) is 23.0. The molecule has 0 bridgehead atoms. The Morgan fingerprint density at radius 3 is 2.30 bits per heavy atom. The number of sulfone groups is 1. The molecule has 0 saturated carbocycles. The van der Waals surface area contributed by atoms with Gasteiger partial charge in [0.1, 0.15) is 9.97 Å². The first kappa shape index (κ1) is 27.5. The molecule has 0 radical (unpaired) electrons. The number of amides is 1. The lowest BCUT2D eigenvalue weighted by molar-refractivity contribution is -0.384. The number of Topliss-reactive ketones (excluding diaryl/α,β-unsaturated/α-hetero) is 1. The van der Waals surface area contributed by atoms with Gasteiger partial charge in [-0.1, -0.05) is 46.7 Å². The van der Waals surface area contributed by atoms with Gasteiger partial charge in [-0.15, -0.1) is 0 Å². The normalized spacial score (nSPS) is 16.9. The largest absolute Gasteiger partial charge is 0.507 e. The molecule has 1 atom stereocenters. The van der Waals surface area contributed by atoms with Crippen LogP contribution in [0.5, 0.6) is 0 Å². The van der Waals surface area contributed by atoms with E-state index in [1.54, 1.807) is 18.2 Å². The molecular formula is C26H15Cl2N3O7S2. The Bertz CT molecular complexity index is 1820. The standard InChI is InChI=1S/C26H15Cl2N3O7S2/c27-16-6-4-14(5-7-16)23(32)21-22(15-2-1-3-17(28)12-15)30(25(34)24(21)33)26-29-13-20(39-26)40(37,38)19-10-8-18(9-11-19)31(35)36/h1-13,22,32H/b23-21+/t22-/m1/s1. The van der Waals surface area contributed by atoms with Gasteiger partial charge in [-0.25, -0.2) is 13.4 Å². The average molecular weight is 616 g/mol. The SMILES string of the molecule is O=C1C(=O)N(c2ncc(S(=O)(=O)c3ccc([N+](=O)[O-])cc3)s2)[C@H](c2cccc(Cl)c2)/C1=C(\O)c1ccc(Cl)cc1. The highest BCUT2D eigenvalue weighted by Crippen LogP contribution is 2.44. The van der Waals surface area contributed by atoms with Crippen molar-refractivity contribution in [2.75, 3.05) is 4.90 Å². The predicted octanol–water partition coefficient (Wildman–Crippen LogP) is 5.82. The van der Waals surface area contributed by atoms with Crippen molar-refractivity contribution in [2.45, 2.75) is 15.1 Å². The number of hydrogen-bond acceptors (Lipinski definition) is 9. The number of anilines is 1. The van der Waals surface area contributed by atoms with Crippen LogP contribution in [0.15, 0.2) is 93.7 Å². The Morgan fingerprint density at radius 1 is 1.00 bits per heavy atom. The smallest absolute Gasteiger partial charge is 0.301 e. The molecule has 0 unspecified atom stereocenters. The zero-order chi connectivity index (χ0) is 28.8. The quantitative estimate of drug-likeness (QED) is 0.0938. The monoisotopic (exact) mass is 615 g/mol. The summed E-state index contributed by atoms with van der Waals surface area (Å²) in [5.74, 6) is -2.50. The number of non-ortho nitro benzene ring substituents is 1. The number of aliphatic hydroxyl groups excluding tert-OH is 1. The summed E-state index contributed by atoms with van der Waals surface area (Å²) in [7, 11) is -4.17. The van der Waals surface area contributed by atoms with Crippen LogP contribution in [0.1, 0.15) is 17.2 Å². The molecule has 1 saturated heterocycles. The number of aromatic nitrogens is 1. The third-order valence-corrected chi connectivity index (χ3v) is 9.74. The number of aliphatic hydroxyl groups is 1. The molecule has 14 heteroatoms. The fraction of sp³-hybridized carbons (Fsp3) is 0.0385. The number of hydrogen-bond donors (Lipinski definition) is 1. The van der Waals surface area contributed by atoms with Crippen LogP contribution in [0, 0.1) is 10.1 Å². The molecule has 1 amide bonds. The average Bonchev–Trinajstić information content (AvgIpc) is 3.52. The van der Waals surface area contributed by atoms with Crippen molar-refractivity contribution >= 4 is 72.6 Å². The maximum atomic E-state index is 13.3. The van der Waals surface area contributed by atoms with E-state index in [4.69, 9.17) is 23.2 Å². The van der Waals surface area contributed by atoms with Crippen LogP contribution in [0.3, 0.4) is 0 Å². The topological polar surface area (TPSA) is 148 Å². The van der Waals surface area contributed by atoms with E-state index in [0.717, 1.165) is 35.4 Å². The lowest BCUT2D eigenvalue weighted by Gasteiger charge is -2.23. The van der Waals surface area contributed by atoms with Crippen LogP contribution in [0.25, 0.3) is 5.76 Å². The molecule has 40 heavy (non-hydrogen) atoms. The van der Waals surface area contributed by atoms with E-state index in [1.807, 2.05) is 0 Å². The van der Waals surface area contributed by atoms with Crippen molar-refractivity contribution in [3.05, 3.63) is 116 Å². The van der Waals surface area contributed by atoms with E-state index in [9.17, 15) is 33.2 Å². The third-order valence-electron chi connectivity index (χ3n) is 6.03. The van der Waals surface area contributed by atoms with Crippen LogP contribution in [0.4, 0.5) is 10.8 Å². The summed E-state index contributed by atoms with van der Waals surface area (Å²) in [5, 5.41) is 22.7. The summed E-state index contributed by atoms with van der Waals surface area (Å²) in [5.41, 5.74) is 0.0751. The molecule has 1 fully saturated rings. The molecule has 1 aliphatic rings. The number of nitro groups is 1. The van der Waals surface area contributed by atoms with Crippen LogP contribution < -0.4 is 4.90 Å². The number of rotatable bonds is 6. The number of benzene rings is 3. The minimum atomic E-state index is -4.17. The van der Waals surface area contributed by atoms with Crippen LogP contribution in [-0.4, -0.2) is 35.1 Å². The Morgan fingerprint density at radius 2 is 1.68 bits per heavy atom. The van der Waals surface area contributed by atoms with Crippen molar-refractivity contribution in [3.8, 4) is 0 Å². The Hall–Kier alpha value is -4.10. The summed E-state index contributed by atoms with van der Waals surface area (Å²) >= 11 is 12.8. The van der Waals surface area contributed by atoms with Gasteiger partial charge in [0.25, 0.3) is 11.5 Å². The van der Waals surface area contributed by atoms with E-state index in [0.29, 0.717) is 26.9 Å². The molecule has 1 aromatic heterocycles. The first-order valence-electron chi connectivity index (χ1n) is 11.3. The van der Waals surface area contributed by atoms with E-state index in [1.165, 1.54) is 30.3 Å². The highest BCUT2D eigenvalue weighted by Gasteiger charge is 2.48. The molecule has 4 aromatic rings. The molecule has 1 N–H and O–H groups in total. The van der Waals surface area contributed by atoms with Crippen LogP contribution >= 0.6 is 34.5 Å². The second-order valence-corrected chi connectivity index (χ2v) is 12.5. The molecule has 0 aliphatic carbocycles. The number of ketones is 1. The molecule has 1 aliphatic heterocycles. The molecular weight excluding hydrogens is 601 g/mol. The number of nitro benzene ring substituents is 1. The summed E-state index contributed by atoms with van der Waals surface area (Å²) in [4.78, 5) is 41.8. The summed E-state index contributed by atoms with van der Waals surface area (Å²) < 4.78 is 26.2. The van der Waals surface area contributed by atoms with Gasteiger partial charge in [-0.05, 0) is 54.1 Å². The third kappa shape index (κ3) is 4.86. The molecule has 0 spiro atoms. The Kier molecular flexibility index (Phi) is 7.19. The lowest BCUT2D eigenvalue weighted by Crippen LogP contribution is -2.29. The molecule has 202 valence electrons. The predicted molar refractivity (Wildman–Crippen MR) is 148 cm³/mol. The van der Waals surface area contributed by atoms with Crippen LogP contribution in [0.2, 0.25) is 10.0 Å². The van der Waals surface area contributed by atoms with Gasteiger partial charge in [0.2, 0.25) is 9.84 Å². The molecule has 2 heterocycles. The van der Waals surface area contributed by atoms with Gasteiger partial charge in [0.05, 0.1) is 27.6 Å². The van der Waals surface area contributed by atoms with Gasteiger partial charge in [0, 0.05) is 27.7 Å². The number of carbonyl (C=O) groups is 2. The van der Waals surface area contributed by atoms with E-state index in [2.05, 4.69) is 4.98 Å². The maximum Gasteiger partial charge on any atom is 0.301 e. The molecule has 10 nitrogen and oxygen atoms in total. The number of carbonyl (C=O) groups excluding carboxylic acids is 2. The van der Waals surface area contributed by atoms with Crippen molar-refractivity contribution < 1.29 is 28.0 Å². The van der Waals surface area contributed by atoms with Gasteiger partial charge < -0.3 is 5.11 Å². The van der Waals surface area contributed by atoms with E-state index < -0.39 is 38.3 Å². The number of nitrogens with zero attached hydrogens (tertiary/aromatic N) is 3. The highest BCUT2D eigenvalue weighted by atomic mass is 35.5. The van der Waals surface area contributed by atoms with Crippen LogP contribution in [-0.2, 0) is 19.4 Å². The fourth-order valence-electron chi connectivity index (χ4n) is 4.13. The van der Waals surface area contributed by atoms with Gasteiger partial charge in [-0.3, -0.25) is 24.6 Å². The molecule has 5 rings (SSSR count). The number of thiazole rings is 1. The van der Waals surface area contributed by atoms with E-state index in [-0.39, 0.29) is 31.1 Å². The Labute approximate surface area is 240 Å². The summed E-state index contributed by atoms with van der Waals surface area (Å²) in [6.45, 7) is 0. The zero-order valence-electron chi connectivity index (χ0n) is 19.9. The second-order valence-electron chi connectivity index (χ2n) is 8.45. The van der Waals surface area contributed by atoms with E-state index >= 15 is 0 Å². The minimum absolute atomic E-state index is 0.122. The first-order chi connectivity index (χ1) is 19.0. The highest BCUT2D eigenvalue weighted by molar-refractivity contribution is 7.93.